The van der Waals surface area contributed by atoms with Crippen LogP contribution in [-0.4, -0.2) is 59.0 Å². The molecule has 0 saturated carbocycles. The van der Waals surface area contributed by atoms with Gasteiger partial charge in [-0.15, -0.1) is 10.2 Å². The number of aliphatic hydroxyl groups is 1. The minimum absolute atomic E-state index is 0.0313. The Kier molecular flexibility index (Phi) is 7.56. The summed E-state index contributed by atoms with van der Waals surface area (Å²) in [5.41, 5.74) is -0.946. The quantitative estimate of drug-likeness (QED) is 0.310. The molecule has 12 nitrogen and oxygen atoms in total. The molecule has 1 unspecified atom stereocenters. The number of fused-ring (bicyclic) bond motifs is 1. The Morgan fingerprint density at radius 3 is 2.49 bits per heavy atom. The maximum Gasteiger partial charge on any atom is 0.425 e. The average Bonchev–Trinajstić information content (AvgIpc) is 3.22. The van der Waals surface area contributed by atoms with Crippen molar-refractivity contribution in [3.05, 3.63) is 45.4 Å². The Morgan fingerprint density at radius 1 is 1.18 bits per heavy atom. The lowest BCUT2D eigenvalue weighted by atomic mass is 10.2. The number of ether oxygens (including phenoxy) is 3. The molecule has 0 saturated heterocycles. The summed E-state index contributed by atoms with van der Waals surface area (Å²) >= 11 is 6.06. The molecule has 0 bridgehead atoms. The van der Waals surface area contributed by atoms with E-state index < -0.39 is 75.3 Å². The Bertz CT molecular complexity index is 1610. The lowest BCUT2D eigenvalue weighted by Crippen LogP contribution is -2.32. The first kappa shape index (κ1) is 27.9. The average molecular weight is 578 g/mol. The van der Waals surface area contributed by atoms with Gasteiger partial charge in [-0.1, -0.05) is 11.6 Å². The van der Waals surface area contributed by atoms with E-state index in [9.17, 15) is 27.5 Å². The van der Waals surface area contributed by atoms with E-state index in [1.54, 1.807) is 6.92 Å². The number of aromatic nitrogens is 7. The third-order valence-corrected chi connectivity index (χ3v) is 5.64. The zero-order valence-corrected chi connectivity index (χ0v) is 20.9. The number of methoxy groups -OCH3 is 1. The molecule has 0 amide bonds. The van der Waals surface area contributed by atoms with Gasteiger partial charge in [0, 0.05) is 6.54 Å². The third kappa shape index (κ3) is 5.01. The number of hydrogen-bond acceptors (Lipinski definition) is 10. The highest BCUT2D eigenvalue weighted by atomic mass is 35.5. The molecule has 0 aliphatic carbocycles. The van der Waals surface area contributed by atoms with Crippen molar-refractivity contribution in [3.63, 3.8) is 0 Å². The van der Waals surface area contributed by atoms with Gasteiger partial charge < -0.3 is 19.3 Å². The van der Waals surface area contributed by atoms with Crippen LogP contribution in [0.25, 0.3) is 16.6 Å². The van der Waals surface area contributed by atoms with Gasteiger partial charge in [-0.25, -0.2) is 18.6 Å². The number of pyridine rings is 2. The van der Waals surface area contributed by atoms with E-state index >= 15 is 4.39 Å². The minimum Gasteiger partial charge on any atom is -0.480 e. The van der Waals surface area contributed by atoms with Crippen molar-refractivity contribution in [2.24, 2.45) is 0 Å². The fraction of sp³-hybridized carbons (Fsp3) is 0.333. The summed E-state index contributed by atoms with van der Waals surface area (Å²) in [5.74, 6) is -6.07. The Morgan fingerprint density at radius 2 is 1.90 bits per heavy atom. The van der Waals surface area contributed by atoms with Gasteiger partial charge in [-0.05, 0) is 13.8 Å². The van der Waals surface area contributed by atoms with E-state index in [4.69, 9.17) is 25.8 Å². The van der Waals surface area contributed by atoms with Crippen molar-refractivity contribution < 1.29 is 41.3 Å². The van der Waals surface area contributed by atoms with Crippen molar-refractivity contribution in [1.82, 2.24) is 34.5 Å². The van der Waals surface area contributed by atoms with Gasteiger partial charge in [0.2, 0.25) is 11.8 Å². The van der Waals surface area contributed by atoms with Gasteiger partial charge in [-0.3, -0.25) is 4.57 Å². The molecular formula is C21H17ClF5N7O5. The minimum atomic E-state index is -4.90. The largest absolute Gasteiger partial charge is 0.480 e. The lowest BCUT2D eigenvalue weighted by Gasteiger charge is -2.19. The van der Waals surface area contributed by atoms with E-state index in [1.165, 1.54) is 7.11 Å². The van der Waals surface area contributed by atoms with Gasteiger partial charge in [0.1, 0.15) is 17.0 Å². The molecule has 1 N–H and O–H groups in total. The molecule has 4 rings (SSSR count). The number of nitrogens with zero attached hydrogens (tertiary/aromatic N) is 7. The van der Waals surface area contributed by atoms with Crippen LogP contribution in [0.5, 0.6) is 23.4 Å². The molecule has 4 aromatic heterocycles. The highest BCUT2D eigenvalue weighted by Gasteiger charge is 2.39. The molecule has 1 atom stereocenters. The van der Waals surface area contributed by atoms with Crippen molar-refractivity contribution in [2.75, 3.05) is 7.11 Å². The van der Waals surface area contributed by atoms with Crippen LogP contribution in [-0.2, 0) is 13.2 Å². The number of hydrogen-bond donors (Lipinski definition) is 1. The van der Waals surface area contributed by atoms with E-state index in [2.05, 4.69) is 25.3 Å². The van der Waals surface area contributed by atoms with Gasteiger partial charge in [-0.2, -0.15) is 27.9 Å². The molecule has 39 heavy (non-hydrogen) atoms. The Labute approximate surface area is 219 Å². The summed E-state index contributed by atoms with van der Waals surface area (Å²) in [4.78, 5) is 20.2. The zero-order valence-electron chi connectivity index (χ0n) is 20.1. The second-order valence-corrected chi connectivity index (χ2v) is 8.05. The molecule has 18 heteroatoms. The van der Waals surface area contributed by atoms with Crippen LogP contribution in [0.2, 0.25) is 5.02 Å². The van der Waals surface area contributed by atoms with Gasteiger partial charge in [0.25, 0.3) is 5.88 Å². The van der Waals surface area contributed by atoms with Crippen LogP contribution in [0.4, 0.5) is 22.0 Å². The molecule has 0 aliphatic heterocycles. The fourth-order valence-corrected chi connectivity index (χ4v) is 3.62. The molecule has 0 fully saturated rings. The first-order valence-electron chi connectivity index (χ1n) is 10.9. The predicted octanol–water partition coefficient (Wildman–Crippen LogP) is 3.34. The summed E-state index contributed by atoms with van der Waals surface area (Å²) in [7, 11) is 1.18. The molecular weight excluding hydrogens is 561 g/mol. The smallest absolute Gasteiger partial charge is 0.425 e. The zero-order chi connectivity index (χ0) is 28.6. The third-order valence-electron chi connectivity index (χ3n) is 5.31. The molecule has 0 radical (unpaired) electrons. The summed E-state index contributed by atoms with van der Waals surface area (Å²) in [6.45, 7) is 1.53. The lowest BCUT2D eigenvalue weighted by molar-refractivity contribution is -0.189. The summed E-state index contributed by atoms with van der Waals surface area (Å²) in [6, 6.07) is 0. The highest BCUT2D eigenvalue weighted by molar-refractivity contribution is 6.33. The molecule has 0 aromatic carbocycles. The second-order valence-electron chi connectivity index (χ2n) is 7.67. The first-order chi connectivity index (χ1) is 18.4. The van der Waals surface area contributed by atoms with Crippen LogP contribution in [0.1, 0.15) is 19.7 Å². The molecule has 0 spiro atoms. The van der Waals surface area contributed by atoms with Crippen molar-refractivity contribution in [2.45, 2.75) is 39.3 Å². The fourth-order valence-electron chi connectivity index (χ4n) is 3.37. The topological polar surface area (TPSA) is 139 Å². The maximum atomic E-state index is 15.8. The number of aliphatic hydroxyl groups excluding tert-OH is 1. The number of halogens is 6. The van der Waals surface area contributed by atoms with Crippen LogP contribution in [0.15, 0.2) is 17.2 Å². The van der Waals surface area contributed by atoms with Gasteiger partial charge in [0.15, 0.2) is 35.1 Å². The molecule has 4 aromatic rings. The highest BCUT2D eigenvalue weighted by Crippen LogP contribution is 2.41. The Balaban J connectivity index is 2.01. The van der Waals surface area contributed by atoms with Crippen LogP contribution >= 0.6 is 11.6 Å². The molecule has 208 valence electrons. The van der Waals surface area contributed by atoms with Crippen LogP contribution in [0, 0.1) is 11.6 Å². The second kappa shape index (κ2) is 10.6. The van der Waals surface area contributed by atoms with E-state index in [0.717, 1.165) is 10.8 Å². The van der Waals surface area contributed by atoms with Crippen molar-refractivity contribution >= 4 is 22.4 Å². The molecule has 0 aliphatic rings. The first-order valence-corrected chi connectivity index (χ1v) is 11.2. The monoisotopic (exact) mass is 577 g/mol. The summed E-state index contributed by atoms with van der Waals surface area (Å²) in [5, 5.41) is 18.9. The van der Waals surface area contributed by atoms with E-state index in [0.29, 0.717) is 17.8 Å². The van der Waals surface area contributed by atoms with Crippen molar-refractivity contribution in [1.29, 1.82) is 0 Å². The number of alkyl halides is 3. The Hall–Kier alpha value is -4.12. The number of rotatable bonds is 8. The molecule has 4 heterocycles. The predicted molar refractivity (Wildman–Crippen MR) is 122 cm³/mol. The van der Waals surface area contributed by atoms with Crippen LogP contribution in [0.3, 0.4) is 0 Å². The van der Waals surface area contributed by atoms with Gasteiger partial charge >= 0.3 is 11.9 Å². The maximum absolute atomic E-state index is 15.8. The SMILES string of the molecule is CCn1c(CO)nn(-c2nc(OC(C)C(F)(F)F)c3c(Oc4c(F)cnc(OC)c4Cl)nncc3c2F)c1=O. The standard InChI is InChI=1S/C21H17ClF5N7O5/c1-4-33-11(7-35)32-34(20(33)36)16-14(24)9-5-29-31-18(12(9)17(30-16)38-8(2)21(25,26)27)39-15-10(23)6-28-19(37-3)13(15)22/h5-6,8,35H,4,7H2,1-3H3. The normalized spacial score (nSPS) is 12.6. The van der Waals surface area contributed by atoms with Crippen molar-refractivity contribution in [3.8, 4) is 29.2 Å². The van der Waals surface area contributed by atoms with E-state index in [-0.39, 0.29) is 18.2 Å². The van der Waals surface area contributed by atoms with Crippen LogP contribution < -0.4 is 19.9 Å². The summed E-state index contributed by atoms with van der Waals surface area (Å²) in [6.07, 6.45) is -5.91. The van der Waals surface area contributed by atoms with E-state index in [1.807, 2.05) is 0 Å². The van der Waals surface area contributed by atoms with Gasteiger partial charge in [0.05, 0.1) is 24.9 Å². The summed E-state index contributed by atoms with van der Waals surface area (Å²) < 4.78 is 87.3.